The summed E-state index contributed by atoms with van der Waals surface area (Å²) in [6.07, 6.45) is 1.94. The summed E-state index contributed by atoms with van der Waals surface area (Å²) in [6, 6.07) is 8.10. The maximum atomic E-state index is 5.25. The molecule has 2 aromatic rings. The van der Waals surface area contributed by atoms with E-state index in [1.807, 2.05) is 24.4 Å². The fourth-order valence-electron chi connectivity index (χ4n) is 2.21. The first-order valence-electron chi connectivity index (χ1n) is 5.78. The van der Waals surface area contributed by atoms with Gasteiger partial charge in [0, 0.05) is 18.7 Å². The molecule has 4 heteroatoms. The molecule has 0 aliphatic carbocycles. The number of nitrogens with one attached hydrogen (secondary N) is 1. The Balaban J connectivity index is 2.05. The average molecular weight is 229 g/mol. The summed E-state index contributed by atoms with van der Waals surface area (Å²) in [5.41, 5.74) is 3.61. The van der Waals surface area contributed by atoms with Gasteiger partial charge in [-0.2, -0.15) is 5.10 Å². The monoisotopic (exact) mass is 229 g/mol. The Morgan fingerprint density at radius 2 is 2.35 bits per heavy atom. The first kappa shape index (κ1) is 10.4. The van der Waals surface area contributed by atoms with Gasteiger partial charge in [-0.25, -0.2) is 0 Å². The molecule has 0 unspecified atom stereocenters. The number of rotatable bonds is 2. The molecule has 3 rings (SSSR count). The van der Waals surface area contributed by atoms with Gasteiger partial charge in [0.15, 0.2) is 0 Å². The number of fused-ring (bicyclic) bond motifs is 1. The number of nitrogens with zero attached hydrogens (tertiary/aromatic N) is 2. The van der Waals surface area contributed by atoms with Crippen molar-refractivity contribution in [2.45, 2.75) is 13.1 Å². The largest absolute Gasteiger partial charge is 0.497 e. The van der Waals surface area contributed by atoms with Crippen LogP contribution in [-0.4, -0.2) is 23.4 Å². The molecule has 4 nitrogen and oxygen atoms in total. The van der Waals surface area contributed by atoms with E-state index in [0.29, 0.717) is 0 Å². The third-order valence-corrected chi connectivity index (χ3v) is 3.12. The lowest BCUT2D eigenvalue weighted by molar-refractivity contribution is 0.415. The molecule has 1 aliphatic heterocycles. The number of hydrogen-bond donors (Lipinski definition) is 1. The zero-order valence-electron chi connectivity index (χ0n) is 9.81. The van der Waals surface area contributed by atoms with Crippen LogP contribution in [-0.2, 0) is 13.1 Å². The second-order valence-electron chi connectivity index (χ2n) is 4.14. The second kappa shape index (κ2) is 4.22. The van der Waals surface area contributed by atoms with Gasteiger partial charge in [-0.15, -0.1) is 0 Å². The van der Waals surface area contributed by atoms with E-state index >= 15 is 0 Å². The van der Waals surface area contributed by atoms with Gasteiger partial charge >= 0.3 is 0 Å². The third kappa shape index (κ3) is 1.80. The van der Waals surface area contributed by atoms with Crippen LogP contribution in [0.25, 0.3) is 11.1 Å². The Labute approximate surface area is 100 Å². The lowest BCUT2D eigenvalue weighted by atomic mass is 10.1. The quantitative estimate of drug-likeness (QED) is 0.851. The summed E-state index contributed by atoms with van der Waals surface area (Å²) in [6.45, 7) is 2.82. The van der Waals surface area contributed by atoms with E-state index in [0.717, 1.165) is 30.9 Å². The first-order chi connectivity index (χ1) is 8.38. The van der Waals surface area contributed by atoms with Crippen molar-refractivity contribution in [1.82, 2.24) is 15.1 Å². The minimum Gasteiger partial charge on any atom is -0.497 e. The standard InChI is InChI=1S/C13H15N3O/c1-17-11-4-2-3-10(7-11)12-8-15-16-6-5-14-9-13(12)16/h2-4,7-8,14H,5-6,9H2,1H3. The zero-order valence-corrected chi connectivity index (χ0v) is 9.81. The third-order valence-electron chi connectivity index (χ3n) is 3.12. The fourth-order valence-corrected chi connectivity index (χ4v) is 2.21. The van der Waals surface area contributed by atoms with Crippen LogP contribution in [0.3, 0.4) is 0 Å². The number of aromatic nitrogens is 2. The van der Waals surface area contributed by atoms with Crippen LogP contribution in [0.1, 0.15) is 5.69 Å². The zero-order chi connectivity index (χ0) is 11.7. The topological polar surface area (TPSA) is 39.1 Å². The number of benzene rings is 1. The van der Waals surface area contributed by atoms with Crippen molar-refractivity contribution < 1.29 is 4.74 Å². The molecule has 0 saturated carbocycles. The molecule has 0 bridgehead atoms. The van der Waals surface area contributed by atoms with Crippen LogP contribution in [0.2, 0.25) is 0 Å². The van der Waals surface area contributed by atoms with Crippen molar-refractivity contribution >= 4 is 0 Å². The Kier molecular flexibility index (Phi) is 2.57. The van der Waals surface area contributed by atoms with Gasteiger partial charge in [0.25, 0.3) is 0 Å². The van der Waals surface area contributed by atoms with Crippen LogP contribution >= 0.6 is 0 Å². The molecule has 0 saturated heterocycles. The van der Waals surface area contributed by atoms with Crippen molar-refractivity contribution in [1.29, 1.82) is 0 Å². The Hall–Kier alpha value is -1.81. The molecule has 88 valence electrons. The molecular weight excluding hydrogens is 214 g/mol. The lowest BCUT2D eigenvalue weighted by Gasteiger charge is -2.16. The van der Waals surface area contributed by atoms with Crippen molar-refractivity contribution in [3.05, 3.63) is 36.2 Å². The highest BCUT2D eigenvalue weighted by Gasteiger charge is 2.15. The molecule has 1 aromatic heterocycles. The molecule has 2 heterocycles. The van der Waals surface area contributed by atoms with Gasteiger partial charge in [0.1, 0.15) is 5.75 Å². The van der Waals surface area contributed by atoms with Gasteiger partial charge in [0.2, 0.25) is 0 Å². The van der Waals surface area contributed by atoms with Crippen LogP contribution in [0, 0.1) is 0 Å². The summed E-state index contributed by atoms with van der Waals surface area (Å²) >= 11 is 0. The SMILES string of the molecule is COc1cccc(-c2cnn3c2CNCC3)c1. The van der Waals surface area contributed by atoms with E-state index in [9.17, 15) is 0 Å². The highest BCUT2D eigenvalue weighted by Crippen LogP contribution is 2.27. The molecule has 0 fully saturated rings. The summed E-state index contributed by atoms with van der Waals surface area (Å²) in [4.78, 5) is 0. The highest BCUT2D eigenvalue weighted by atomic mass is 16.5. The van der Waals surface area contributed by atoms with Crippen LogP contribution in [0.5, 0.6) is 5.75 Å². The predicted molar refractivity (Wildman–Crippen MR) is 65.9 cm³/mol. The van der Waals surface area contributed by atoms with E-state index in [1.54, 1.807) is 7.11 Å². The van der Waals surface area contributed by atoms with Crippen molar-refractivity contribution in [3.63, 3.8) is 0 Å². The minimum absolute atomic E-state index is 0.881. The summed E-state index contributed by atoms with van der Waals surface area (Å²) < 4.78 is 7.33. The van der Waals surface area contributed by atoms with Gasteiger partial charge < -0.3 is 10.1 Å². The van der Waals surface area contributed by atoms with Crippen LogP contribution in [0.4, 0.5) is 0 Å². The van der Waals surface area contributed by atoms with E-state index < -0.39 is 0 Å². The normalized spacial score (nSPS) is 14.4. The average Bonchev–Trinajstić information content (AvgIpc) is 2.82. The maximum Gasteiger partial charge on any atom is 0.119 e. The van der Waals surface area contributed by atoms with E-state index in [1.165, 1.54) is 11.3 Å². The molecule has 17 heavy (non-hydrogen) atoms. The van der Waals surface area contributed by atoms with Crippen molar-refractivity contribution in [2.24, 2.45) is 0 Å². The van der Waals surface area contributed by atoms with Gasteiger partial charge in [0.05, 0.1) is 25.5 Å². The highest BCUT2D eigenvalue weighted by molar-refractivity contribution is 5.67. The van der Waals surface area contributed by atoms with Crippen molar-refractivity contribution in [2.75, 3.05) is 13.7 Å². The van der Waals surface area contributed by atoms with E-state index in [-0.39, 0.29) is 0 Å². The van der Waals surface area contributed by atoms with Gasteiger partial charge in [-0.1, -0.05) is 12.1 Å². The Morgan fingerprint density at radius 3 is 3.24 bits per heavy atom. The summed E-state index contributed by atoms with van der Waals surface area (Å²) in [5.74, 6) is 0.881. The second-order valence-corrected chi connectivity index (χ2v) is 4.14. The van der Waals surface area contributed by atoms with E-state index in [4.69, 9.17) is 4.74 Å². The Bertz CT molecular complexity index is 533. The maximum absolute atomic E-state index is 5.25. The molecule has 0 amide bonds. The van der Waals surface area contributed by atoms with Gasteiger partial charge in [-0.05, 0) is 17.7 Å². The lowest BCUT2D eigenvalue weighted by Crippen LogP contribution is -2.28. The summed E-state index contributed by atoms with van der Waals surface area (Å²) in [5, 5.41) is 7.80. The molecule has 1 aromatic carbocycles. The molecule has 0 spiro atoms. The molecule has 1 aliphatic rings. The molecule has 0 radical (unpaired) electrons. The number of methoxy groups -OCH3 is 1. The molecular formula is C13H15N3O. The molecule has 1 N–H and O–H groups in total. The number of hydrogen-bond acceptors (Lipinski definition) is 3. The fraction of sp³-hybridized carbons (Fsp3) is 0.308. The van der Waals surface area contributed by atoms with Crippen molar-refractivity contribution in [3.8, 4) is 16.9 Å². The minimum atomic E-state index is 0.881. The molecule has 0 atom stereocenters. The first-order valence-corrected chi connectivity index (χ1v) is 5.78. The smallest absolute Gasteiger partial charge is 0.119 e. The Morgan fingerprint density at radius 1 is 1.41 bits per heavy atom. The summed E-state index contributed by atoms with van der Waals surface area (Å²) in [7, 11) is 1.69. The number of ether oxygens (including phenoxy) is 1. The van der Waals surface area contributed by atoms with Crippen LogP contribution < -0.4 is 10.1 Å². The predicted octanol–water partition coefficient (Wildman–Crippen LogP) is 1.66. The van der Waals surface area contributed by atoms with E-state index in [2.05, 4.69) is 21.2 Å². The van der Waals surface area contributed by atoms with Crippen LogP contribution in [0.15, 0.2) is 30.5 Å². The van der Waals surface area contributed by atoms with Gasteiger partial charge in [-0.3, -0.25) is 4.68 Å².